The predicted molar refractivity (Wildman–Crippen MR) is 112 cm³/mol. The number of amides is 2. The molecule has 2 unspecified atom stereocenters. The van der Waals surface area contributed by atoms with Crippen LogP contribution in [0.25, 0.3) is 0 Å². The normalized spacial score (nSPS) is 22.5. The van der Waals surface area contributed by atoms with Gasteiger partial charge in [0.15, 0.2) is 6.04 Å². The van der Waals surface area contributed by atoms with Gasteiger partial charge in [0.25, 0.3) is 0 Å². The van der Waals surface area contributed by atoms with Crippen LogP contribution in [-0.4, -0.2) is 50.4 Å². The summed E-state index contributed by atoms with van der Waals surface area (Å²) in [5.41, 5.74) is 2.27. The monoisotopic (exact) mass is 424 g/mol. The second-order valence-corrected chi connectivity index (χ2v) is 8.25. The SMILES string of the molecule is O=C(Cc1ccccc1)NC1C(=O)N2C(C(=O)O)C(Cc3ccc(O)cc3)=CS[C@H]12. The molecular formula is C22H20N2O5S. The van der Waals surface area contributed by atoms with E-state index >= 15 is 0 Å². The van der Waals surface area contributed by atoms with Crippen molar-refractivity contribution < 1.29 is 24.6 Å². The number of thioether (sulfide) groups is 1. The molecule has 2 aliphatic rings. The summed E-state index contributed by atoms with van der Waals surface area (Å²) >= 11 is 1.34. The van der Waals surface area contributed by atoms with Crippen molar-refractivity contribution in [2.45, 2.75) is 30.3 Å². The smallest absolute Gasteiger partial charge is 0.330 e. The van der Waals surface area contributed by atoms with E-state index in [0.29, 0.717) is 12.0 Å². The maximum Gasteiger partial charge on any atom is 0.330 e. The van der Waals surface area contributed by atoms with Gasteiger partial charge < -0.3 is 20.4 Å². The number of fused-ring (bicyclic) bond motifs is 1. The number of carbonyl (C=O) groups is 3. The van der Waals surface area contributed by atoms with Gasteiger partial charge in [-0.25, -0.2) is 4.79 Å². The molecule has 2 aromatic rings. The number of β-lactam (4-membered cyclic amide) rings is 1. The Balaban J connectivity index is 1.46. The zero-order chi connectivity index (χ0) is 21.3. The largest absolute Gasteiger partial charge is 0.508 e. The van der Waals surface area contributed by atoms with Crippen molar-refractivity contribution in [3.05, 3.63) is 76.7 Å². The van der Waals surface area contributed by atoms with E-state index in [2.05, 4.69) is 5.32 Å². The maximum absolute atomic E-state index is 12.7. The van der Waals surface area contributed by atoms with E-state index in [4.69, 9.17) is 0 Å². The van der Waals surface area contributed by atoms with Crippen LogP contribution in [0, 0.1) is 0 Å². The number of benzene rings is 2. The van der Waals surface area contributed by atoms with Gasteiger partial charge in [-0.05, 0) is 40.7 Å². The van der Waals surface area contributed by atoms with Crippen molar-refractivity contribution >= 4 is 29.5 Å². The lowest BCUT2D eigenvalue weighted by Gasteiger charge is -2.51. The van der Waals surface area contributed by atoms with Gasteiger partial charge in [0, 0.05) is 0 Å². The summed E-state index contributed by atoms with van der Waals surface area (Å²) in [5.74, 6) is -1.64. The Morgan fingerprint density at radius 2 is 1.73 bits per heavy atom. The summed E-state index contributed by atoms with van der Waals surface area (Å²) < 4.78 is 0. The zero-order valence-corrected chi connectivity index (χ0v) is 16.7. The number of phenols is 1. The van der Waals surface area contributed by atoms with Crippen molar-refractivity contribution in [2.24, 2.45) is 0 Å². The molecule has 154 valence electrons. The van der Waals surface area contributed by atoms with Crippen molar-refractivity contribution in [1.82, 2.24) is 10.2 Å². The second kappa shape index (κ2) is 8.23. The molecule has 4 rings (SSSR count). The molecule has 2 aromatic carbocycles. The van der Waals surface area contributed by atoms with Gasteiger partial charge in [-0.2, -0.15) is 0 Å². The lowest BCUT2D eigenvalue weighted by Crippen LogP contribution is -2.74. The Kier molecular flexibility index (Phi) is 5.50. The fraction of sp³-hybridized carbons (Fsp3) is 0.227. The van der Waals surface area contributed by atoms with Gasteiger partial charge in [-0.15, -0.1) is 11.8 Å². The minimum Gasteiger partial charge on any atom is -0.508 e. The van der Waals surface area contributed by atoms with E-state index in [1.54, 1.807) is 17.5 Å². The Morgan fingerprint density at radius 1 is 1.03 bits per heavy atom. The molecule has 1 saturated heterocycles. The summed E-state index contributed by atoms with van der Waals surface area (Å²) in [6, 6.07) is 13.9. The molecule has 1 fully saturated rings. The van der Waals surface area contributed by atoms with Crippen molar-refractivity contribution in [2.75, 3.05) is 0 Å². The fourth-order valence-electron chi connectivity index (χ4n) is 3.71. The van der Waals surface area contributed by atoms with Crippen LogP contribution >= 0.6 is 11.8 Å². The molecule has 7 nitrogen and oxygen atoms in total. The van der Waals surface area contributed by atoms with Gasteiger partial charge in [-0.1, -0.05) is 42.5 Å². The van der Waals surface area contributed by atoms with Crippen LogP contribution in [-0.2, 0) is 27.2 Å². The molecular weight excluding hydrogens is 404 g/mol. The van der Waals surface area contributed by atoms with Crippen LogP contribution in [0.15, 0.2) is 65.6 Å². The molecule has 2 aliphatic heterocycles. The summed E-state index contributed by atoms with van der Waals surface area (Å²) in [6.07, 6.45) is 0.512. The number of hydrogen-bond acceptors (Lipinski definition) is 5. The van der Waals surface area contributed by atoms with E-state index in [9.17, 15) is 24.6 Å². The van der Waals surface area contributed by atoms with Gasteiger partial charge in [-0.3, -0.25) is 9.59 Å². The third-order valence-electron chi connectivity index (χ3n) is 5.17. The number of phenolic OH excluding ortho intramolecular Hbond substituents is 1. The van der Waals surface area contributed by atoms with E-state index in [-0.39, 0.29) is 18.1 Å². The van der Waals surface area contributed by atoms with Crippen LogP contribution in [0.1, 0.15) is 11.1 Å². The third kappa shape index (κ3) is 3.91. The van der Waals surface area contributed by atoms with Crippen molar-refractivity contribution in [1.29, 1.82) is 0 Å². The van der Waals surface area contributed by atoms with Crippen LogP contribution < -0.4 is 5.32 Å². The highest BCUT2D eigenvalue weighted by atomic mass is 32.2. The van der Waals surface area contributed by atoms with Crippen LogP contribution in [0.3, 0.4) is 0 Å². The lowest BCUT2D eigenvalue weighted by atomic mass is 9.94. The minimum atomic E-state index is -1.10. The standard InChI is InChI=1S/C22H20N2O5S/c25-16-8-6-14(7-9-16)10-15-12-30-21-18(20(27)24(21)19(15)22(28)29)23-17(26)11-13-4-2-1-3-5-13/h1-9,12,18-19,21,25H,10-11H2,(H,23,26)(H,28,29)/t18?,19?,21-/m1/s1. The number of aliphatic carboxylic acids is 1. The third-order valence-corrected chi connectivity index (χ3v) is 6.39. The molecule has 0 aliphatic carbocycles. The fourth-order valence-corrected chi connectivity index (χ4v) is 4.93. The van der Waals surface area contributed by atoms with Crippen molar-refractivity contribution in [3.8, 4) is 5.75 Å². The number of carboxylic acids is 1. The predicted octanol–water partition coefficient (Wildman–Crippen LogP) is 1.91. The Morgan fingerprint density at radius 3 is 2.40 bits per heavy atom. The van der Waals surface area contributed by atoms with Crippen LogP contribution in [0.4, 0.5) is 0 Å². The molecule has 0 radical (unpaired) electrons. The molecule has 2 amide bonds. The van der Waals surface area contributed by atoms with Gasteiger partial charge in [0.05, 0.1) is 6.42 Å². The number of aromatic hydroxyl groups is 1. The zero-order valence-electron chi connectivity index (χ0n) is 15.9. The topological polar surface area (TPSA) is 107 Å². The molecule has 30 heavy (non-hydrogen) atoms. The Hall–Kier alpha value is -3.26. The van der Waals surface area contributed by atoms with E-state index < -0.39 is 29.3 Å². The highest BCUT2D eigenvalue weighted by molar-refractivity contribution is 8.02. The first kappa shape index (κ1) is 20.0. The number of hydrogen-bond donors (Lipinski definition) is 3. The average molecular weight is 424 g/mol. The van der Waals surface area contributed by atoms with E-state index in [1.165, 1.54) is 28.8 Å². The highest BCUT2D eigenvalue weighted by Crippen LogP contribution is 2.41. The molecule has 3 N–H and O–H groups in total. The number of nitrogens with zero attached hydrogens (tertiary/aromatic N) is 1. The maximum atomic E-state index is 12.7. The molecule has 3 atom stereocenters. The first-order valence-electron chi connectivity index (χ1n) is 9.44. The molecule has 2 heterocycles. The van der Waals surface area contributed by atoms with Crippen molar-refractivity contribution in [3.63, 3.8) is 0 Å². The first-order valence-corrected chi connectivity index (χ1v) is 10.4. The summed E-state index contributed by atoms with van der Waals surface area (Å²) in [5, 5.41) is 23.3. The Labute approximate surface area is 177 Å². The first-order chi connectivity index (χ1) is 14.4. The van der Waals surface area contributed by atoms with E-state index in [0.717, 1.165) is 11.1 Å². The lowest BCUT2D eigenvalue weighted by molar-refractivity contribution is -0.160. The van der Waals surface area contributed by atoms with Gasteiger partial charge >= 0.3 is 5.97 Å². The highest BCUT2D eigenvalue weighted by Gasteiger charge is 2.55. The second-order valence-electron chi connectivity index (χ2n) is 7.26. The summed E-state index contributed by atoms with van der Waals surface area (Å²) in [7, 11) is 0. The molecule has 0 spiro atoms. The molecule has 0 aromatic heterocycles. The van der Waals surface area contributed by atoms with E-state index in [1.807, 2.05) is 30.3 Å². The summed E-state index contributed by atoms with van der Waals surface area (Å²) in [6.45, 7) is 0. The average Bonchev–Trinajstić information content (AvgIpc) is 2.74. The van der Waals surface area contributed by atoms with Gasteiger partial charge in [0.2, 0.25) is 11.8 Å². The van der Waals surface area contributed by atoms with Gasteiger partial charge in [0.1, 0.15) is 17.2 Å². The van der Waals surface area contributed by atoms with Crippen LogP contribution in [0.2, 0.25) is 0 Å². The number of carbonyl (C=O) groups excluding carboxylic acids is 2. The number of carboxylic acid groups (broad SMARTS) is 1. The number of rotatable bonds is 6. The quantitative estimate of drug-likeness (QED) is 0.612. The molecule has 8 heteroatoms. The number of nitrogens with one attached hydrogen (secondary N) is 1. The molecule has 0 bridgehead atoms. The van der Waals surface area contributed by atoms with Crippen LogP contribution in [0.5, 0.6) is 5.75 Å². The minimum absolute atomic E-state index is 0.132. The Bertz CT molecular complexity index is 1010. The summed E-state index contributed by atoms with van der Waals surface area (Å²) in [4.78, 5) is 38.3. The molecule has 0 saturated carbocycles.